The summed E-state index contributed by atoms with van der Waals surface area (Å²) in [6.07, 6.45) is -3.92. The average Bonchev–Trinajstić information content (AvgIpc) is 3.00. The second-order valence-corrected chi connectivity index (χ2v) is 7.42. The van der Waals surface area contributed by atoms with Crippen LogP contribution in [0.2, 0.25) is 5.02 Å². The van der Waals surface area contributed by atoms with Gasteiger partial charge in [-0.1, -0.05) is 23.7 Å². The van der Waals surface area contributed by atoms with Crippen LogP contribution in [0.15, 0.2) is 42.5 Å². The van der Waals surface area contributed by atoms with Gasteiger partial charge in [0.05, 0.1) is 22.0 Å². The number of nitriles is 1. The number of alkyl halides is 3. The monoisotopic (exact) mass is 446 g/mol. The number of amides is 1. The molecule has 0 aliphatic carbocycles. The number of benzene rings is 2. The maximum absolute atomic E-state index is 12.3. The normalized spacial score (nSPS) is 11.3. The topological polar surface area (TPSA) is 70.7 Å². The molecule has 3 rings (SSSR count). The van der Waals surface area contributed by atoms with E-state index >= 15 is 0 Å². The highest BCUT2D eigenvalue weighted by atomic mass is 35.5. The van der Waals surface area contributed by atoms with Gasteiger partial charge in [-0.15, -0.1) is 0 Å². The molecule has 1 N–H and O–H groups in total. The largest absolute Gasteiger partial charge is 0.405 e. The van der Waals surface area contributed by atoms with Crippen molar-refractivity contribution in [2.24, 2.45) is 0 Å². The molecule has 2 aromatic carbocycles. The Kier molecular flexibility index (Phi) is 6.37. The van der Waals surface area contributed by atoms with Crippen molar-refractivity contribution < 1.29 is 18.0 Å². The van der Waals surface area contributed by atoms with Gasteiger partial charge in [-0.25, -0.2) is 4.68 Å². The molecule has 9 heteroatoms. The molecule has 0 atom stereocenters. The minimum atomic E-state index is -4.45. The molecule has 1 aromatic heterocycles. The van der Waals surface area contributed by atoms with E-state index in [1.807, 2.05) is 25.2 Å². The fourth-order valence-corrected chi connectivity index (χ4v) is 3.39. The molecule has 0 spiro atoms. The van der Waals surface area contributed by atoms with Crippen LogP contribution in [0.25, 0.3) is 5.69 Å². The molecule has 0 fully saturated rings. The summed E-state index contributed by atoms with van der Waals surface area (Å²) in [6.45, 7) is 2.42. The lowest BCUT2D eigenvalue weighted by molar-refractivity contribution is -0.123. The Morgan fingerprint density at radius 3 is 2.45 bits per heavy atom. The molecule has 0 unspecified atom stereocenters. The number of nitrogens with one attached hydrogen (secondary N) is 1. The molecule has 0 aliphatic heterocycles. The van der Waals surface area contributed by atoms with Gasteiger partial charge in [-0.2, -0.15) is 23.5 Å². The summed E-state index contributed by atoms with van der Waals surface area (Å²) >= 11 is 6.14. The third-order valence-corrected chi connectivity index (χ3v) is 5.12. The number of rotatable bonds is 5. The van der Waals surface area contributed by atoms with Crippen molar-refractivity contribution in [2.45, 2.75) is 26.4 Å². The molecule has 1 amide bonds. The highest BCUT2D eigenvalue weighted by Gasteiger charge is 2.27. The summed E-state index contributed by atoms with van der Waals surface area (Å²) in [5, 5.41) is 15.8. The van der Waals surface area contributed by atoms with E-state index in [9.17, 15) is 18.0 Å². The Hall–Kier alpha value is -3.31. The third kappa shape index (κ3) is 5.25. The Bertz CT molecular complexity index is 1160. The van der Waals surface area contributed by atoms with E-state index in [0.717, 1.165) is 28.2 Å². The van der Waals surface area contributed by atoms with Crippen LogP contribution in [-0.2, 0) is 6.42 Å². The van der Waals surface area contributed by atoms with E-state index in [4.69, 9.17) is 16.9 Å². The van der Waals surface area contributed by atoms with E-state index in [2.05, 4.69) is 5.10 Å². The van der Waals surface area contributed by atoms with Crippen LogP contribution in [0.1, 0.15) is 38.4 Å². The minimum Gasteiger partial charge on any atom is -0.343 e. The quantitative estimate of drug-likeness (QED) is 0.606. The van der Waals surface area contributed by atoms with Crippen LogP contribution in [-0.4, -0.2) is 28.4 Å². The summed E-state index contributed by atoms with van der Waals surface area (Å²) in [7, 11) is 0. The number of halogens is 4. The first-order valence-electron chi connectivity index (χ1n) is 9.28. The first kappa shape index (κ1) is 22.4. The molecule has 31 heavy (non-hydrogen) atoms. The molecule has 0 aliphatic rings. The summed E-state index contributed by atoms with van der Waals surface area (Å²) < 4.78 is 38.5. The summed E-state index contributed by atoms with van der Waals surface area (Å²) in [5.41, 5.74) is 4.84. The Morgan fingerprint density at radius 2 is 1.87 bits per heavy atom. The maximum atomic E-state index is 12.3. The molecule has 3 aromatic rings. The smallest absolute Gasteiger partial charge is 0.343 e. The van der Waals surface area contributed by atoms with Crippen LogP contribution in [0.3, 0.4) is 0 Å². The van der Waals surface area contributed by atoms with Crippen LogP contribution < -0.4 is 5.32 Å². The molecule has 0 bridgehead atoms. The minimum absolute atomic E-state index is 0.157. The molecular weight excluding hydrogens is 429 g/mol. The Labute approximate surface area is 182 Å². The zero-order valence-electron chi connectivity index (χ0n) is 16.7. The lowest BCUT2D eigenvalue weighted by Crippen LogP contribution is -2.33. The van der Waals surface area contributed by atoms with E-state index in [-0.39, 0.29) is 5.56 Å². The Morgan fingerprint density at radius 1 is 1.19 bits per heavy atom. The number of aryl methyl sites for hydroxylation is 1. The second-order valence-electron chi connectivity index (χ2n) is 7.01. The maximum Gasteiger partial charge on any atom is 0.405 e. The summed E-state index contributed by atoms with van der Waals surface area (Å²) in [5.74, 6) is -0.776. The predicted octanol–water partition coefficient (Wildman–Crippen LogP) is 4.90. The van der Waals surface area contributed by atoms with E-state index < -0.39 is 18.6 Å². The van der Waals surface area contributed by atoms with Gasteiger partial charge in [-0.05, 0) is 49.7 Å². The average molecular weight is 447 g/mol. The van der Waals surface area contributed by atoms with Crippen molar-refractivity contribution in [1.82, 2.24) is 15.1 Å². The number of aromatic nitrogens is 2. The van der Waals surface area contributed by atoms with Gasteiger partial charge in [0.2, 0.25) is 0 Å². The van der Waals surface area contributed by atoms with Crippen molar-refractivity contribution in [3.05, 3.63) is 81.1 Å². The van der Waals surface area contributed by atoms with Crippen molar-refractivity contribution in [3.63, 3.8) is 0 Å². The SMILES string of the molecule is Cc1nn(-c2ccc(C#N)c(Cl)c2)c(C)c1Cc1ccc(C(=O)NCC(F)(F)F)cc1. The van der Waals surface area contributed by atoms with Gasteiger partial charge in [0.15, 0.2) is 0 Å². The summed E-state index contributed by atoms with van der Waals surface area (Å²) in [4.78, 5) is 11.8. The van der Waals surface area contributed by atoms with Gasteiger partial charge in [0, 0.05) is 23.2 Å². The molecule has 0 radical (unpaired) electrons. The number of hydrogen-bond donors (Lipinski definition) is 1. The molecular formula is C22H18ClF3N4O. The fraction of sp³-hybridized carbons (Fsp3) is 0.227. The van der Waals surface area contributed by atoms with Crippen molar-refractivity contribution in [2.75, 3.05) is 6.54 Å². The highest BCUT2D eigenvalue weighted by molar-refractivity contribution is 6.31. The zero-order chi connectivity index (χ0) is 22.8. The van der Waals surface area contributed by atoms with Crippen molar-refractivity contribution in [3.8, 4) is 11.8 Å². The lowest BCUT2D eigenvalue weighted by atomic mass is 10.0. The number of carbonyl (C=O) groups excluding carboxylic acids is 1. The van der Waals surface area contributed by atoms with Crippen LogP contribution in [0.4, 0.5) is 13.2 Å². The Balaban J connectivity index is 1.79. The van der Waals surface area contributed by atoms with Crippen LogP contribution in [0.5, 0.6) is 0 Å². The second kappa shape index (κ2) is 8.82. The van der Waals surface area contributed by atoms with Crippen LogP contribution in [0, 0.1) is 25.2 Å². The van der Waals surface area contributed by atoms with Crippen molar-refractivity contribution in [1.29, 1.82) is 5.26 Å². The van der Waals surface area contributed by atoms with Crippen LogP contribution >= 0.6 is 11.6 Å². The molecule has 0 saturated heterocycles. The number of nitrogens with zero attached hydrogens (tertiary/aromatic N) is 3. The standard InChI is InChI=1S/C22H18ClF3N4O/c1-13-19(14(2)30(29-13)18-8-7-17(11-27)20(23)10-18)9-15-3-5-16(6-4-15)21(31)28-12-22(24,25)26/h3-8,10H,9,12H2,1-2H3,(H,28,31). The van der Waals surface area contributed by atoms with E-state index in [1.54, 1.807) is 35.0 Å². The van der Waals surface area contributed by atoms with Gasteiger partial charge in [-0.3, -0.25) is 4.79 Å². The van der Waals surface area contributed by atoms with Gasteiger partial charge >= 0.3 is 6.18 Å². The highest BCUT2D eigenvalue weighted by Crippen LogP contribution is 2.24. The van der Waals surface area contributed by atoms with Gasteiger partial charge in [0.1, 0.15) is 12.6 Å². The van der Waals surface area contributed by atoms with Crippen molar-refractivity contribution >= 4 is 17.5 Å². The van der Waals surface area contributed by atoms with E-state index in [1.165, 1.54) is 12.1 Å². The molecule has 160 valence electrons. The first-order valence-corrected chi connectivity index (χ1v) is 9.66. The fourth-order valence-electron chi connectivity index (χ4n) is 3.17. The summed E-state index contributed by atoms with van der Waals surface area (Å²) in [6, 6.07) is 13.5. The lowest BCUT2D eigenvalue weighted by Gasteiger charge is -2.09. The third-order valence-electron chi connectivity index (χ3n) is 4.81. The number of hydrogen-bond acceptors (Lipinski definition) is 3. The molecule has 0 saturated carbocycles. The predicted molar refractivity (Wildman–Crippen MR) is 110 cm³/mol. The molecule has 5 nitrogen and oxygen atoms in total. The van der Waals surface area contributed by atoms with Gasteiger partial charge in [0.25, 0.3) is 5.91 Å². The van der Waals surface area contributed by atoms with E-state index in [0.29, 0.717) is 17.0 Å². The molecule has 1 heterocycles. The first-order chi connectivity index (χ1) is 14.6. The number of carbonyl (C=O) groups is 1. The zero-order valence-corrected chi connectivity index (χ0v) is 17.5. The van der Waals surface area contributed by atoms with Gasteiger partial charge < -0.3 is 5.32 Å².